The van der Waals surface area contributed by atoms with Gasteiger partial charge in [0.25, 0.3) is 0 Å². The SMILES string of the molecule is CC(=O)C(=O)[C@H](CC1CCC1)NC(=O)[C@@H]1[C@@H]2[C@H](CN1C(=O)[C@@H](C)C(C)(C)C)C2(C)C. The second-order valence-corrected chi connectivity index (χ2v) is 11.5. The third kappa shape index (κ3) is 4.06. The summed E-state index contributed by atoms with van der Waals surface area (Å²) < 4.78 is 0. The van der Waals surface area contributed by atoms with Crippen LogP contribution in [0.2, 0.25) is 0 Å². The minimum absolute atomic E-state index is 0.000845. The molecule has 0 radical (unpaired) electrons. The number of piperidine rings is 1. The number of nitrogens with one attached hydrogen (secondary N) is 1. The lowest BCUT2D eigenvalue weighted by molar-refractivity contribution is -0.146. The molecule has 2 saturated carbocycles. The fourth-order valence-electron chi connectivity index (χ4n) is 5.23. The monoisotopic (exact) mass is 418 g/mol. The molecule has 168 valence electrons. The number of hydrogen-bond acceptors (Lipinski definition) is 4. The highest BCUT2D eigenvalue weighted by Crippen LogP contribution is 2.65. The van der Waals surface area contributed by atoms with Gasteiger partial charge >= 0.3 is 0 Å². The van der Waals surface area contributed by atoms with Crippen LogP contribution in [0, 0.1) is 34.5 Å². The lowest BCUT2D eigenvalue weighted by Gasteiger charge is -2.36. The fourth-order valence-corrected chi connectivity index (χ4v) is 5.23. The largest absolute Gasteiger partial charge is 0.344 e. The minimum Gasteiger partial charge on any atom is -0.344 e. The number of rotatable bonds is 7. The number of nitrogens with zero attached hydrogens (tertiary/aromatic N) is 1. The van der Waals surface area contributed by atoms with Crippen LogP contribution >= 0.6 is 0 Å². The molecule has 0 unspecified atom stereocenters. The molecule has 6 nitrogen and oxygen atoms in total. The fraction of sp³-hybridized carbons (Fsp3) is 0.833. The van der Waals surface area contributed by atoms with Crippen molar-refractivity contribution in [1.29, 1.82) is 0 Å². The van der Waals surface area contributed by atoms with Crippen molar-refractivity contribution in [1.82, 2.24) is 10.2 Å². The molecule has 1 saturated heterocycles. The van der Waals surface area contributed by atoms with Crippen LogP contribution in [0.4, 0.5) is 0 Å². The highest BCUT2D eigenvalue weighted by atomic mass is 16.2. The average molecular weight is 419 g/mol. The predicted molar refractivity (Wildman–Crippen MR) is 114 cm³/mol. The number of ketones is 2. The summed E-state index contributed by atoms with van der Waals surface area (Å²) in [6, 6.07) is -1.34. The topological polar surface area (TPSA) is 83.6 Å². The molecular weight excluding hydrogens is 380 g/mol. The van der Waals surface area contributed by atoms with Crippen LogP contribution in [0.5, 0.6) is 0 Å². The second-order valence-electron chi connectivity index (χ2n) is 11.5. The van der Waals surface area contributed by atoms with Crippen molar-refractivity contribution in [2.75, 3.05) is 6.54 Å². The van der Waals surface area contributed by atoms with Crippen LogP contribution in [0.15, 0.2) is 0 Å². The van der Waals surface area contributed by atoms with Gasteiger partial charge < -0.3 is 10.2 Å². The molecule has 0 bridgehead atoms. The normalized spacial score (nSPS) is 29.4. The van der Waals surface area contributed by atoms with Crippen molar-refractivity contribution in [3.05, 3.63) is 0 Å². The predicted octanol–water partition coefficient (Wildman–Crippen LogP) is 2.98. The number of fused-ring (bicyclic) bond motifs is 1. The summed E-state index contributed by atoms with van der Waals surface area (Å²) in [5.41, 5.74) is -0.185. The van der Waals surface area contributed by atoms with Crippen molar-refractivity contribution in [3.63, 3.8) is 0 Å². The molecule has 1 aliphatic heterocycles. The number of carbonyl (C=O) groups excluding carboxylic acids is 4. The summed E-state index contributed by atoms with van der Waals surface area (Å²) in [5, 5.41) is 2.89. The Kier molecular flexibility index (Phi) is 5.94. The first-order valence-corrected chi connectivity index (χ1v) is 11.4. The van der Waals surface area contributed by atoms with E-state index < -0.39 is 23.7 Å². The van der Waals surface area contributed by atoms with Gasteiger partial charge in [-0.3, -0.25) is 19.2 Å². The van der Waals surface area contributed by atoms with Gasteiger partial charge in [-0.05, 0) is 35.0 Å². The van der Waals surface area contributed by atoms with E-state index in [4.69, 9.17) is 0 Å². The van der Waals surface area contributed by atoms with Gasteiger partial charge in [0.05, 0.1) is 6.04 Å². The van der Waals surface area contributed by atoms with Crippen LogP contribution < -0.4 is 5.32 Å². The van der Waals surface area contributed by atoms with E-state index in [0.717, 1.165) is 19.3 Å². The quantitative estimate of drug-likeness (QED) is 0.644. The molecular formula is C24H38N2O4. The maximum absolute atomic E-state index is 13.4. The number of carbonyl (C=O) groups is 4. The van der Waals surface area contributed by atoms with Gasteiger partial charge in [0.2, 0.25) is 17.6 Å². The van der Waals surface area contributed by atoms with E-state index in [1.54, 1.807) is 4.90 Å². The van der Waals surface area contributed by atoms with Crippen molar-refractivity contribution in [2.24, 2.45) is 34.5 Å². The Hall–Kier alpha value is -1.72. The summed E-state index contributed by atoms with van der Waals surface area (Å²) >= 11 is 0. The molecule has 0 aromatic rings. The Bertz CT molecular complexity index is 747. The van der Waals surface area contributed by atoms with E-state index in [2.05, 4.69) is 19.2 Å². The lowest BCUT2D eigenvalue weighted by Crippen LogP contribution is -2.56. The summed E-state index contributed by atoms with van der Waals surface area (Å²) in [4.78, 5) is 52.7. The zero-order chi connectivity index (χ0) is 22.6. The number of hydrogen-bond donors (Lipinski definition) is 1. The standard InChI is InChI=1S/C24H38N2O4/c1-13(23(3,4)5)22(30)26-12-16-18(24(16,6)7)19(26)21(29)25-17(20(28)14(2)27)11-15-9-8-10-15/h13,15-19H,8-12H2,1-7H3,(H,25,29)/t13-,16+,17+,18+,19+/m1/s1. The third-order valence-corrected chi connectivity index (χ3v) is 8.20. The lowest BCUT2D eigenvalue weighted by atomic mass is 9.79. The Labute approximate surface area is 180 Å². The molecule has 2 aliphatic carbocycles. The number of amides is 2. The maximum Gasteiger partial charge on any atom is 0.243 e. The van der Waals surface area contributed by atoms with Gasteiger partial charge in [-0.25, -0.2) is 0 Å². The van der Waals surface area contributed by atoms with E-state index in [9.17, 15) is 19.2 Å². The van der Waals surface area contributed by atoms with Crippen molar-refractivity contribution < 1.29 is 19.2 Å². The van der Waals surface area contributed by atoms with E-state index >= 15 is 0 Å². The van der Waals surface area contributed by atoms with E-state index in [-0.39, 0.29) is 34.5 Å². The van der Waals surface area contributed by atoms with Crippen LogP contribution in [0.3, 0.4) is 0 Å². The Morgan fingerprint density at radius 3 is 2.20 bits per heavy atom. The highest BCUT2D eigenvalue weighted by molar-refractivity contribution is 6.38. The molecule has 0 aromatic heterocycles. The zero-order valence-electron chi connectivity index (χ0n) is 19.6. The number of likely N-dealkylation sites (tertiary alicyclic amines) is 1. The molecule has 2 amide bonds. The minimum atomic E-state index is -0.779. The van der Waals surface area contributed by atoms with Gasteiger partial charge in [0, 0.05) is 19.4 Å². The van der Waals surface area contributed by atoms with Crippen molar-refractivity contribution in [3.8, 4) is 0 Å². The molecule has 3 aliphatic rings. The smallest absolute Gasteiger partial charge is 0.243 e. The first-order chi connectivity index (χ1) is 13.8. The van der Waals surface area contributed by atoms with E-state index in [0.29, 0.717) is 24.8 Å². The molecule has 30 heavy (non-hydrogen) atoms. The first kappa shape index (κ1) is 23.0. The van der Waals surface area contributed by atoms with Crippen LogP contribution in [0.25, 0.3) is 0 Å². The molecule has 3 fully saturated rings. The van der Waals surface area contributed by atoms with Crippen molar-refractivity contribution >= 4 is 23.4 Å². The van der Waals surface area contributed by atoms with Gasteiger partial charge in [-0.1, -0.05) is 60.8 Å². The summed E-state index contributed by atoms with van der Waals surface area (Å²) in [5.74, 6) is -0.751. The van der Waals surface area contributed by atoms with Gasteiger partial charge in [0.1, 0.15) is 6.04 Å². The Balaban J connectivity index is 1.79. The third-order valence-electron chi connectivity index (χ3n) is 8.20. The second kappa shape index (κ2) is 7.76. The Morgan fingerprint density at radius 1 is 1.13 bits per heavy atom. The molecule has 5 atom stereocenters. The molecule has 0 aromatic carbocycles. The van der Waals surface area contributed by atoms with Crippen molar-refractivity contribution in [2.45, 2.75) is 86.2 Å². The average Bonchev–Trinajstić information content (AvgIpc) is 2.95. The summed E-state index contributed by atoms with van der Waals surface area (Å²) in [6.45, 7) is 14.2. The van der Waals surface area contributed by atoms with E-state index in [1.165, 1.54) is 6.92 Å². The summed E-state index contributed by atoms with van der Waals surface area (Å²) in [7, 11) is 0. The van der Waals surface area contributed by atoms with E-state index in [1.807, 2.05) is 27.7 Å². The molecule has 6 heteroatoms. The molecule has 0 spiro atoms. The Morgan fingerprint density at radius 2 is 1.73 bits per heavy atom. The number of Topliss-reactive ketones (excluding diaryl/α,β-unsaturated/α-hetero) is 2. The maximum atomic E-state index is 13.4. The van der Waals surface area contributed by atoms with Gasteiger partial charge in [-0.15, -0.1) is 0 Å². The van der Waals surface area contributed by atoms with Crippen LogP contribution in [0.1, 0.15) is 74.1 Å². The highest BCUT2D eigenvalue weighted by Gasteiger charge is 2.69. The first-order valence-electron chi connectivity index (χ1n) is 11.4. The van der Waals surface area contributed by atoms with Gasteiger partial charge in [-0.2, -0.15) is 0 Å². The van der Waals surface area contributed by atoms with Crippen LogP contribution in [-0.2, 0) is 19.2 Å². The summed E-state index contributed by atoms with van der Waals surface area (Å²) in [6.07, 6.45) is 3.71. The molecule has 1 heterocycles. The van der Waals surface area contributed by atoms with Gasteiger partial charge in [0.15, 0.2) is 5.78 Å². The zero-order valence-corrected chi connectivity index (χ0v) is 19.6. The molecule has 3 rings (SSSR count). The van der Waals surface area contributed by atoms with Crippen LogP contribution in [-0.4, -0.2) is 46.9 Å². The molecule has 1 N–H and O–H groups in total.